The van der Waals surface area contributed by atoms with E-state index in [9.17, 15) is 0 Å². The van der Waals surface area contributed by atoms with E-state index in [1.807, 2.05) is 12.4 Å². The Morgan fingerprint density at radius 3 is 2.59 bits per heavy atom. The van der Waals surface area contributed by atoms with E-state index in [-0.39, 0.29) is 5.41 Å². The Morgan fingerprint density at radius 2 is 1.86 bits per heavy atom. The van der Waals surface area contributed by atoms with Crippen LogP contribution in [0.4, 0.5) is 0 Å². The van der Waals surface area contributed by atoms with Crippen molar-refractivity contribution in [3.8, 4) is 5.69 Å². The quantitative estimate of drug-likeness (QED) is 0.621. The van der Waals surface area contributed by atoms with Crippen molar-refractivity contribution in [3.05, 3.63) is 58.4 Å². The van der Waals surface area contributed by atoms with Crippen LogP contribution in [0.3, 0.4) is 0 Å². The molecule has 2 heteroatoms. The van der Waals surface area contributed by atoms with Crippen molar-refractivity contribution in [3.63, 3.8) is 0 Å². The summed E-state index contributed by atoms with van der Waals surface area (Å²) in [6, 6.07) is 8.81. The van der Waals surface area contributed by atoms with Crippen molar-refractivity contribution in [2.75, 3.05) is 0 Å². The van der Waals surface area contributed by atoms with Crippen LogP contribution in [0.5, 0.6) is 0 Å². The van der Waals surface area contributed by atoms with Crippen LogP contribution in [0.15, 0.2) is 36.7 Å². The molecule has 0 spiro atoms. The zero-order valence-corrected chi connectivity index (χ0v) is 13.5. The van der Waals surface area contributed by atoms with Crippen LogP contribution < -0.4 is 10.6 Å². The summed E-state index contributed by atoms with van der Waals surface area (Å²) >= 11 is 0. The molecule has 0 amide bonds. The Kier molecular flexibility index (Phi) is 2.62. The molecule has 0 saturated heterocycles. The van der Waals surface area contributed by atoms with Crippen molar-refractivity contribution >= 4 is 23.1 Å². The number of pyridine rings is 1. The minimum absolute atomic E-state index is 0.0342. The number of para-hydroxylation sites is 1. The molecule has 22 heavy (non-hydrogen) atoms. The molecular weight excluding hydrogens is 268 g/mol. The van der Waals surface area contributed by atoms with Crippen LogP contribution >= 0.6 is 0 Å². The van der Waals surface area contributed by atoms with E-state index >= 15 is 0 Å². The first-order valence-electron chi connectivity index (χ1n) is 7.82. The molecule has 110 valence electrons. The highest BCUT2D eigenvalue weighted by Crippen LogP contribution is 2.41. The Morgan fingerprint density at radius 1 is 1.05 bits per heavy atom. The minimum atomic E-state index is -0.0342. The van der Waals surface area contributed by atoms with Gasteiger partial charge < -0.3 is 4.57 Å². The van der Waals surface area contributed by atoms with E-state index in [4.69, 9.17) is 0 Å². The molecule has 1 aromatic carbocycles. The third-order valence-corrected chi connectivity index (χ3v) is 5.01. The summed E-state index contributed by atoms with van der Waals surface area (Å²) in [4.78, 5) is 4.38. The van der Waals surface area contributed by atoms with Gasteiger partial charge in [-0.05, 0) is 25.5 Å². The van der Waals surface area contributed by atoms with Gasteiger partial charge in [-0.15, -0.1) is 0 Å². The van der Waals surface area contributed by atoms with Crippen molar-refractivity contribution in [2.24, 2.45) is 0 Å². The number of fused-ring (bicyclic) bond motifs is 2. The van der Waals surface area contributed by atoms with Gasteiger partial charge in [0.2, 0.25) is 0 Å². The molecule has 1 aliphatic rings. The highest BCUT2D eigenvalue weighted by atomic mass is 15.0. The molecule has 1 aliphatic heterocycles. The summed E-state index contributed by atoms with van der Waals surface area (Å²) < 4.78 is 2.41. The molecule has 0 aliphatic carbocycles. The number of nitrogens with zero attached hydrogens (tertiary/aromatic N) is 2. The van der Waals surface area contributed by atoms with E-state index in [1.165, 1.54) is 38.3 Å². The lowest BCUT2D eigenvalue weighted by Gasteiger charge is -2.34. The van der Waals surface area contributed by atoms with E-state index < -0.39 is 0 Å². The van der Waals surface area contributed by atoms with Crippen molar-refractivity contribution in [2.45, 2.75) is 33.1 Å². The fourth-order valence-electron chi connectivity index (χ4n) is 3.93. The van der Waals surface area contributed by atoms with E-state index in [2.05, 4.69) is 73.7 Å². The summed E-state index contributed by atoms with van der Waals surface area (Å²) in [7, 11) is 0. The molecule has 2 aromatic heterocycles. The lowest BCUT2D eigenvalue weighted by molar-refractivity contribution is 0.623. The molecular formula is C20H20N2. The van der Waals surface area contributed by atoms with E-state index in [0.717, 1.165) is 0 Å². The van der Waals surface area contributed by atoms with E-state index in [1.54, 1.807) is 0 Å². The average Bonchev–Trinajstić information content (AvgIpc) is 2.87. The molecule has 0 radical (unpaired) electrons. The second kappa shape index (κ2) is 4.33. The van der Waals surface area contributed by atoms with Crippen molar-refractivity contribution in [1.82, 2.24) is 9.55 Å². The maximum Gasteiger partial charge on any atom is 0.0581 e. The van der Waals surface area contributed by atoms with Crippen LogP contribution in [0.2, 0.25) is 0 Å². The van der Waals surface area contributed by atoms with E-state index in [0.29, 0.717) is 0 Å². The van der Waals surface area contributed by atoms with Crippen LogP contribution in [0.1, 0.15) is 38.8 Å². The van der Waals surface area contributed by atoms with Gasteiger partial charge in [0.1, 0.15) is 0 Å². The smallest absolute Gasteiger partial charge is 0.0581 e. The Balaban J connectivity index is 2.40. The third-order valence-electron chi connectivity index (χ3n) is 5.01. The van der Waals surface area contributed by atoms with Gasteiger partial charge >= 0.3 is 0 Å². The fourth-order valence-corrected chi connectivity index (χ4v) is 3.93. The Labute approximate surface area is 130 Å². The first-order valence-corrected chi connectivity index (χ1v) is 7.82. The first-order chi connectivity index (χ1) is 10.6. The van der Waals surface area contributed by atoms with Gasteiger partial charge in [-0.2, -0.15) is 0 Å². The predicted octanol–water partition coefficient (Wildman–Crippen LogP) is 3.27. The highest BCUT2D eigenvalue weighted by Gasteiger charge is 2.34. The van der Waals surface area contributed by atoms with Crippen LogP contribution in [-0.2, 0) is 5.41 Å². The number of benzene rings is 1. The second-order valence-electron chi connectivity index (χ2n) is 6.43. The SMILES string of the molecule is CC=c1c(=CC)n2c3c(cccc13)C(C)(C)c1cnccc1-2. The zero-order chi connectivity index (χ0) is 15.5. The number of hydrogen-bond donors (Lipinski definition) is 0. The van der Waals surface area contributed by atoms with Crippen LogP contribution in [0.25, 0.3) is 28.7 Å². The molecule has 2 nitrogen and oxygen atoms in total. The number of hydrogen-bond acceptors (Lipinski definition) is 1. The molecule has 0 bridgehead atoms. The van der Waals surface area contributed by atoms with Gasteiger partial charge in [-0.25, -0.2) is 0 Å². The van der Waals surface area contributed by atoms with Gasteiger partial charge in [0.15, 0.2) is 0 Å². The second-order valence-corrected chi connectivity index (χ2v) is 6.43. The topological polar surface area (TPSA) is 17.8 Å². The molecule has 0 saturated carbocycles. The van der Waals surface area contributed by atoms with Gasteiger partial charge in [0, 0.05) is 39.3 Å². The fraction of sp³-hybridized carbons (Fsp3) is 0.250. The van der Waals surface area contributed by atoms with Gasteiger partial charge in [-0.3, -0.25) is 4.98 Å². The molecule has 0 atom stereocenters. The lowest BCUT2D eigenvalue weighted by Crippen LogP contribution is -2.33. The average molecular weight is 288 g/mol. The largest absolute Gasteiger partial charge is 0.309 e. The molecule has 0 N–H and O–H groups in total. The number of aromatic nitrogens is 2. The maximum absolute atomic E-state index is 4.38. The zero-order valence-electron chi connectivity index (χ0n) is 13.5. The summed E-state index contributed by atoms with van der Waals surface area (Å²) in [5.41, 5.74) is 5.23. The summed E-state index contributed by atoms with van der Waals surface area (Å²) in [5.74, 6) is 0. The molecule has 3 heterocycles. The molecule has 0 fully saturated rings. The first kappa shape index (κ1) is 13.3. The van der Waals surface area contributed by atoms with Crippen molar-refractivity contribution in [1.29, 1.82) is 0 Å². The van der Waals surface area contributed by atoms with Crippen molar-refractivity contribution < 1.29 is 0 Å². The number of rotatable bonds is 0. The minimum Gasteiger partial charge on any atom is -0.309 e. The monoisotopic (exact) mass is 288 g/mol. The van der Waals surface area contributed by atoms with Gasteiger partial charge in [-0.1, -0.05) is 44.2 Å². The molecule has 0 unspecified atom stereocenters. The maximum atomic E-state index is 4.38. The van der Waals surface area contributed by atoms with Gasteiger partial charge in [0.05, 0.1) is 11.2 Å². The third kappa shape index (κ3) is 1.42. The highest BCUT2D eigenvalue weighted by molar-refractivity contribution is 5.90. The van der Waals surface area contributed by atoms with Gasteiger partial charge in [0.25, 0.3) is 0 Å². The summed E-state index contributed by atoms with van der Waals surface area (Å²) in [6.07, 6.45) is 8.34. The van der Waals surface area contributed by atoms with Crippen LogP contribution in [-0.4, -0.2) is 9.55 Å². The lowest BCUT2D eigenvalue weighted by atomic mass is 9.75. The predicted molar refractivity (Wildman–Crippen MR) is 92.7 cm³/mol. The summed E-state index contributed by atoms with van der Waals surface area (Å²) in [6.45, 7) is 8.83. The summed E-state index contributed by atoms with van der Waals surface area (Å²) in [5, 5.41) is 3.93. The molecule has 3 aromatic rings. The Hall–Kier alpha value is -2.35. The Bertz CT molecular complexity index is 1020. The standard InChI is InChI=1S/C20H20N2/c1-5-13-14-8-7-9-15-19(14)22(17(13)6-2)18-10-11-21-12-16(18)20(15,3)4/h5-12H,1-4H3. The normalized spacial score (nSPS) is 17.1. The molecule has 4 rings (SSSR count). The van der Waals surface area contributed by atoms with Crippen LogP contribution in [0, 0.1) is 0 Å².